The van der Waals surface area contributed by atoms with Gasteiger partial charge >= 0.3 is 0 Å². The number of nitriles is 1. The topological polar surface area (TPSA) is 49.8 Å². The Kier molecular flexibility index (Phi) is 3.85. The Hall–Kier alpha value is -1.99. The fourth-order valence-corrected chi connectivity index (χ4v) is 2.48. The minimum Gasteiger partial charge on any atom is -0.399 e. The number of rotatable bonds is 3. The lowest BCUT2D eigenvalue weighted by Crippen LogP contribution is -1.92. The maximum Gasteiger partial charge on any atom is 0.144 e. The lowest BCUT2D eigenvalue weighted by atomic mass is 10.1. The summed E-state index contributed by atoms with van der Waals surface area (Å²) in [5.41, 5.74) is 6.97. The summed E-state index contributed by atoms with van der Waals surface area (Å²) in [5, 5.41) is 8.75. The second-order valence-electron chi connectivity index (χ2n) is 3.75. The molecular formula is C14H11FN2S. The lowest BCUT2D eigenvalue weighted by molar-refractivity contribution is 0.613. The van der Waals surface area contributed by atoms with E-state index in [0.717, 1.165) is 4.90 Å². The molecule has 0 spiro atoms. The minimum atomic E-state index is -0.434. The first-order valence-corrected chi connectivity index (χ1v) is 6.35. The summed E-state index contributed by atoms with van der Waals surface area (Å²) in [5.74, 6) is 0.0431. The molecule has 0 aliphatic carbocycles. The standard InChI is InChI=1S/C14H11FN2S/c15-14-10(8-16)3-1-4-11(14)9-18-13-6-2-5-12(17)7-13/h1-7H,9,17H2. The highest BCUT2D eigenvalue weighted by molar-refractivity contribution is 7.98. The number of benzene rings is 2. The molecule has 0 aliphatic rings. The Bertz CT molecular complexity index is 605. The van der Waals surface area contributed by atoms with Crippen molar-refractivity contribution in [1.82, 2.24) is 0 Å². The molecule has 0 aliphatic heterocycles. The van der Waals surface area contributed by atoms with E-state index < -0.39 is 5.82 Å². The van der Waals surface area contributed by atoms with E-state index in [4.69, 9.17) is 11.0 Å². The Morgan fingerprint density at radius 3 is 2.72 bits per heavy atom. The van der Waals surface area contributed by atoms with E-state index in [1.54, 1.807) is 18.2 Å². The number of halogens is 1. The third kappa shape index (κ3) is 2.82. The van der Waals surface area contributed by atoms with Gasteiger partial charge in [0.1, 0.15) is 11.9 Å². The summed E-state index contributed by atoms with van der Waals surface area (Å²) in [6.07, 6.45) is 0. The highest BCUT2D eigenvalue weighted by Crippen LogP contribution is 2.26. The van der Waals surface area contributed by atoms with Crippen LogP contribution in [0.15, 0.2) is 47.4 Å². The number of hydrogen-bond acceptors (Lipinski definition) is 3. The maximum atomic E-state index is 13.8. The highest BCUT2D eigenvalue weighted by Gasteiger charge is 2.07. The van der Waals surface area contributed by atoms with Gasteiger partial charge in [-0.15, -0.1) is 11.8 Å². The minimum absolute atomic E-state index is 0.0840. The Morgan fingerprint density at radius 1 is 1.22 bits per heavy atom. The third-order valence-corrected chi connectivity index (χ3v) is 3.49. The van der Waals surface area contributed by atoms with Crippen LogP contribution in [0.1, 0.15) is 11.1 Å². The van der Waals surface area contributed by atoms with Crippen molar-refractivity contribution in [3.63, 3.8) is 0 Å². The van der Waals surface area contributed by atoms with E-state index in [9.17, 15) is 4.39 Å². The molecule has 0 heterocycles. The van der Waals surface area contributed by atoms with Gasteiger partial charge in [-0.3, -0.25) is 0 Å². The molecule has 0 fully saturated rings. The second kappa shape index (κ2) is 5.56. The van der Waals surface area contributed by atoms with Gasteiger partial charge in [0.15, 0.2) is 0 Å². The summed E-state index contributed by atoms with van der Waals surface area (Å²) in [6, 6.07) is 14.1. The Labute approximate surface area is 109 Å². The molecule has 18 heavy (non-hydrogen) atoms. The molecule has 0 atom stereocenters. The Balaban J connectivity index is 2.14. The van der Waals surface area contributed by atoms with Crippen molar-refractivity contribution in [3.05, 3.63) is 59.4 Å². The van der Waals surface area contributed by atoms with Crippen LogP contribution in [0, 0.1) is 17.1 Å². The molecule has 4 heteroatoms. The van der Waals surface area contributed by atoms with Gasteiger partial charge in [-0.05, 0) is 29.8 Å². The zero-order valence-corrected chi connectivity index (χ0v) is 10.4. The van der Waals surface area contributed by atoms with Crippen LogP contribution in [-0.2, 0) is 5.75 Å². The highest BCUT2D eigenvalue weighted by atomic mass is 32.2. The fraction of sp³-hybridized carbons (Fsp3) is 0.0714. The van der Waals surface area contributed by atoms with Gasteiger partial charge in [-0.2, -0.15) is 5.26 Å². The summed E-state index contributed by atoms with van der Waals surface area (Å²) < 4.78 is 13.8. The quantitative estimate of drug-likeness (QED) is 0.676. The molecule has 2 nitrogen and oxygen atoms in total. The summed E-state index contributed by atoms with van der Waals surface area (Å²) in [4.78, 5) is 0.983. The predicted molar refractivity (Wildman–Crippen MR) is 71.5 cm³/mol. The summed E-state index contributed by atoms with van der Waals surface area (Å²) >= 11 is 1.49. The molecule has 0 saturated heterocycles. The molecule has 2 rings (SSSR count). The van der Waals surface area contributed by atoms with Crippen LogP contribution in [0.5, 0.6) is 0 Å². The van der Waals surface area contributed by atoms with Gasteiger partial charge in [0.2, 0.25) is 0 Å². The number of nitrogen functional groups attached to an aromatic ring is 1. The number of anilines is 1. The van der Waals surface area contributed by atoms with Gasteiger partial charge in [-0.1, -0.05) is 18.2 Å². The first-order valence-electron chi connectivity index (χ1n) is 5.36. The van der Waals surface area contributed by atoms with E-state index in [0.29, 0.717) is 17.0 Å². The molecule has 0 radical (unpaired) electrons. The van der Waals surface area contributed by atoms with Crippen LogP contribution in [0.2, 0.25) is 0 Å². The van der Waals surface area contributed by atoms with Crippen molar-refractivity contribution in [1.29, 1.82) is 5.26 Å². The zero-order valence-electron chi connectivity index (χ0n) is 9.56. The van der Waals surface area contributed by atoms with Gasteiger partial charge in [0, 0.05) is 16.3 Å². The Morgan fingerprint density at radius 2 is 2.00 bits per heavy atom. The molecule has 0 bridgehead atoms. The predicted octanol–water partition coefficient (Wildman–Crippen LogP) is 3.57. The molecule has 0 unspecified atom stereocenters. The molecule has 2 N–H and O–H groups in total. The smallest absolute Gasteiger partial charge is 0.144 e. The first kappa shape index (κ1) is 12.5. The van der Waals surface area contributed by atoms with Crippen LogP contribution in [0.3, 0.4) is 0 Å². The molecular weight excluding hydrogens is 247 g/mol. The normalized spacial score (nSPS) is 10.0. The van der Waals surface area contributed by atoms with Crippen LogP contribution in [-0.4, -0.2) is 0 Å². The second-order valence-corrected chi connectivity index (χ2v) is 4.80. The average Bonchev–Trinajstić information content (AvgIpc) is 2.38. The van der Waals surface area contributed by atoms with E-state index >= 15 is 0 Å². The lowest BCUT2D eigenvalue weighted by Gasteiger charge is -2.05. The molecule has 2 aromatic rings. The number of nitrogens with zero attached hydrogens (tertiary/aromatic N) is 1. The molecule has 0 saturated carbocycles. The van der Waals surface area contributed by atoms with Crippen molar-refractivity contribution >= 4 is 17.4 Å². The summed E-state index contributed by atoms with van der Waals surface area (Å²) in [6.45, 7) is 0. The van der Waals surface area contributed by atoms with Crippen LogP contribution < -0.4 is 5.73 Å². The van der Waals surface area contributed by atoms with Crippen LogP contribution in [0.25, 0.3) is 0 Å². The molecule has 2 aromatic carbocycles. The first-order chi connectivity index (χ1) is 8.70. The average molecular weight is 258 g/mol. The molecule has 0 aromatic heterocycles. The fourth-order valence-electron chi connectivity index (χ4n) is 1.54. The van der Waals surface area contributed by atoms with Crippen molar-refractivity contribution in [2.75, 3.05) is 5.73 Å². The van der Waals surface area contributed by atoms with E-state index in [2.05, 4.69) is 0 Å². The number of nitrogens with two attached hydrogens (primary N) is 1. The third-order valence-electron chi connectivity index (χ3n) is 2.45. The summed E-state index contributed by atoms with van der Waals surface area (Å²) in [7, 11) is 0. The molecule has 90 valence electrons. The number of thioether (sulfide) groups is 1. The maximum absolute atomic E-state index is 13.8. The van der Waals surface area contributed by atoms with E-state index in [1.807, 2.05) is 24.3 Å². The zero-order chi connectivity index (χ0) is 13.0. The van der Waals surface area contributed by atoms with Crippen molar-refractivity contribution in [2.45, 2.75) is 10.6 Å². The molecule has 0 amide bonds. The van der Waals surface area contributed by atoms with E-state index in [-0.39, 0.29) is 5.56 Å². The van der Waals surface area contributed by atoms with Crippen molar-refractivity contribution in [3.8, 4) is 6.07 Å². The van der Waals surface area contributed by atoms with Gasteiger partial charge < -0.3 is 5.73 Å². The monoisotopic (exact) mass is 258 g/mol. The van der Waals surface area contributed by atoms with Crippen LogP contribution >= 0.6 is 11.8 Å². The number of hydrogen-bond donors (Lipinski definition) is 1. The van der Waals surface area contributed by atoms with Gasteiger partial charge in [-0.25, -0.2) is 4.39 Å². The van der Waals surface area contributed by atoms with E-state index in [1.165, 1.54) is 17.8 Å². The van der Waals surface area contributed by atoms with Gasteiger partial charge in [0.05, 0.1) is 5.56 Å². The SMILES string of the molecule is N#Cc1cccc(CSc2cccc(N)c2)c1F. The van der Waals surface area contributed by atoms with Crippen molar-refractivity contribution in [2.24, 2.45) is 0 Å². The van der Waals surface area contributed by atoms with Crippen molar-refractivity contribution < 1.29 is 4.39 Å². The van der Waals surface area contributed by atoms with Crippen LogP contribution in [0.4, 0.5) is 10.1 Å². The largest absolute Gasteiger partial charge is 0.399 e. The van der Waals surface area contributed by atoms with Gasteiger partial charge in [0.25, 0.3) is 0 Å².